The normalized spacial score (nSPS) is 18.9. The number of aryl methyl sites for hydroxylation is 1. The molecule has 9 heteroatoms. The monoisotopic (exact) mass is 495 g/mol. The number of rotatable bonds is 6. The first kappa shape index (κ1) is 24.6. The number of anilines is 1. The molecule has 35 heavy (non-hydrogen) atoms. The van der Waals surface area contributed by atoms with Crippen molar-refractivity contribution in [1.29, 1.82) is 0 Å². The molecule has 1 aliphatic rings. The number of hydrogen-bond donors (Lipinski definition) is 1. The summed E-state index contributed by atoms with van der Waals surface area (Å²) in [6.07, 6.45) is 0. The van der Waals surface area contributed by atoms with Crippen molar-refractivity contribution in [2.75, 3.05) is 18.0 Å². The number of para-hydroxylation sites is 1. The second kappa shape index (κ2) is 9.59. The SMILES string of the molecule is Cc1ccccc1N1C(=O)CN(S(=O)(=O)c2ccccc2)CC1(C)C(=O)NCc1ccc(F)cc1. The Morgan fingerprint density at radius 1 is 1.00 bits per heavy atom. The molecule has 2 amide bonds. The van der Waals surface area contributed by atoms with E-state index in [4.69, 9.17) is 0 Å². The summed E-state index contributed by atoms with van der Waals surface area (Å²) in [5.41, 5.74) is 0.441. The van der Waals surface area contributed by atoms with Crippen LogP contribution in [0.1, 0.15) is 18.1 Å². The molecule has 0 aliphatic carbocycles. The molecule has 0 aromatic heterocycles. The van der Waals surface area contributed by atoms with Crippen molar-refractivity contribution in [2.24, 2.45) is 0 Å². The van der Waals surface area contributed by atoms with Gasteiger partial charge < -0.3 is 5.32 Å². The van der Waals surface area contributed by atoms with Crippen molar-refractivity contribution < 1.29 is 22.4 Å². The van der Waals surface area contributed by atoms with Gasteiger partial charge in [-0.2, -0.15) is 4.31 Å². The molecule has 7 nitrogen and oxygen atoms in total. The minimum Gasteiger partial charge on any atom is -0.350 e. The molecule has 1 atom stereocenters. The van der Waals surface area contributed by atoms with Crippen LogP contribution in [0.25, 0.3) is 0 Å². The quantitative estimate of drug-likeness (QED) is 0.569. The average molecular weight is 496 g/mol. The Morgan fingerprint density at radius 3 is 2.29 bits per heavy atom. The lowest BCUT2D eigenvalue weighted by molar-refractivity contribution is -0.133. The fraction of sp³-hybridized carbons (Fsp3) is 0.231. The fourth-order valence-electron chi connectivity index (χ4n) is 4.24. The predicted octanol–water partition coefficient (Wildman–Crippen LogP) is 3.25. The lowest BCUT2D eigenvalue weighted by Gasteiger charge is -2.47. The van der Waals surface area contributed by atoms with Gasteiger partial charge in [0, 0.05) is 18.8 Å². The summed E-state index contributed by atoms with van der Waals surface area (Å²) in [4.78, 5) is 28.5. The van der Waals surface area contributed by atoms with Crippen LogP contribution >= 0.6 is 0 Å². The molecule has 1 aliphatic heterocycles. The Labute approximate surface area is 204 Å². The van der Waals surface area contributed by atoms with Crippen LogP contribution in [0.3, 0.4) is 0 Å². The molecule has 0 saturated carbocycles. The van der Waals surface area contributed by atoms with E-state index in [2.05, 4.69) is 5.32 Å². The van der Waals surface area contributed by atoms with E-state index in [-0.39, 0.29) is 18.0 Å². The molecule has 3 aromatic carbocycles. The van der Waals surface area contributed by atoms with E-state index in [1.807, 2.05) is 19.1 Å². The lowest BCUT2D eigenvalue weighted by atomic mass is 9.93. The number of nitrogens with one attached hydrogen (secondary N) is 1. The van der Waals surface area contributed by atoms with Crippen LogP contribution in [-0.4, -0.2) is 43.2 Å². The van der Waals surface area contributed by atoms with E-state index in [9.17, 15) is 22.4 Å². The number of sulfonamides is 1. The summed E-state index contributed by atoms with van der Waals surface area (Å²) in [5.74, 6) is -1.42. The second-order valence-electron chi connectivity index (χ2n) is 8.68. The van der Waals surface area contributed by atoms with Gasteiger partial charge in [0.2, 0.25) is 21.8 Å². The molecule has 0 bridgehead atoms. The van der Waals surface area contributed by atoms with Gasteiger partial charge >= 0.3 is 0 Å². The topological polar surface area (TPSA) is 86.8 Å². The van der Waals surface area contributed by atoms with Gasteiger partial charge in [-0.25, -0.2) is 12.8 Å². The fourth-order valence-corrected chi connectivity index (χ4v) is 5.74. The third-order valence-electron chi connectivity index (χ3n) is 6.13. The average Bonchev–Trinajstić information content (AvgIpc) is 2.84. The van der Waals surface area contributed by atoms with E-state index in [0.717, 1.165) is 9.87 Å². The predicted molar refractivity (Wildman–Crippen MR) is 131 cm³/mol. The molecular weight excluding hydrogens is 469 g/mol. The lowest BCUT2D eigenvalue weighted by Crippen LogP contribution is -2.70. The van der Waals surface area contributed by atoms with E-state index >= 15 is 0 Å². The third-order valence-corrected chi connectivity index (χ3v) is 7.94. The molecule has 3 aromatic rings. The van der Waals surface area contributed by atoms with Gasteiger partial charge in [0.05, 0.1) is 11.4 Å². The summed E-state index contributed by atoms with van der Waals surface area (Å²) in [7, 11) is -4.02. The number of piperazine rings is 1. The van der Waals surface area contributed by atoms with Gasteiger partial charge in [-0.15, -0.1) is 0 Å². The summed E-state index contributed by atoms with van der Waals surface area (Å²) >= 11 is 0. The smallest absolute Gasteiger partial charge is 0.247 e. The van der Waals surface area contributed by atoms with Gasteiger partial charge in [-0.05, 0) is 55.3 Å². The van der Waals surface area contributed by atoms with Crippen LogP contribution < -0.4 is 10.2 Å². The molecule has 0 radical (unpaired) electrons. The van der Waals surface area contributed by atoms with Crippen molar-refractivity contribution in [3.05, 3.63) is 95.8 Å². The summed E-state index contributed by atoms with van der Waals surface area (Å²) in [6.45, 7) is 2.85. The number of halogens is 1. The molecule has 182 valence electrons. The van der Waals surface area contributed by atoms with Crippen LogP contribution in [0.15, 0.2) is 83.8 Å². The summed E-state index contributed by atoms with van der Waals surface area (Å²) in [6, 6.07) is 20.7. The zero-order chi connectivity index (χ0) is 25.2. The van der Waals surface area contributed by atoms with Crippen LogP contribution in [0.4, 0.5) is 10.1 Å². The van der Waals surface area contributed by atoms with Crippen LogP contribution in [0.5, 0.6) is 0 Å². The highest BCUT2D eigenvalue weighted by Gasteiger charge is 2.51. The van der Waals surface area contributed by atoms with Crippen LogP contribution in [0.2, 0.25) is 0 Å². The van der Waals surface area contributed by atoms with Gasteiger partial charge in [-0.3, -0.25) is 14.5 Å². The van der Waals surface area contributed by atoms with E-state index in [1.165, 1.54) is 29.2 Å². The zero-order valence-corrected chi connectivity index (χ0v) is 20.3. The first-order chi connectivity index (χ1) is 16.6. The summed E-state index contributed by atoms with van der Waals surface area (Å²) < 4.78 is 41.0. The zero-order valence-electron chi connectivity index (χ0n) is 19.4. The number of benzene rings is 3. The first-order valence-corrected chi connectivity index (χ1v) is 12.5. The van der Waals surface area contributed by atoms with E-state index in [1.54, 1.807) is 49.4 Å². The molecule has 4 rings (SSSR count). The number of amides is 2. The van der Waals surface area contributed by atoms with Crippen molar-refractivity contribution in [3.63, 3.8) is 0 Å². The maximum absolute atomic E-state index is 13.6. The highest BCUT2D eigenvalue weighted by atomic mass is 32.2. The maximum Gasteiger partial charge on any atom is 0.247 e. The van der Waals surface area contributed by atoms with E-state index in [0.29, 0.717) is 11.3 Å². The minimum atomic E-state index is -4.02. The van der Waals surface area contributed by atoms with Crippen molar-refractivity contribution >= 4 is 27.5 Å². The molecule has 1 heterocycles. The molecule has 1 fully saturated rings. The number of hydrogen-bond acceptors (Lipinski definition) is 4. The third kappa shape index (κ3) is 4.82. The number of nitrogens with zero attached hydrogens (tertiary/aromatic N) is 2. The Morgan fingerprint density at radius 2 is 1.63 bits per heavy atom. The Kier molecular flexibility index (Phi) is 6.73. The molecular formula is C26H26FN3O4S. The standard InChI is InChI=1S/C26H26FN3O4S/c1-19-8-6-7-11-23(19)30-24(31)17-29(35(33,34)22-9-4-3-5-10-22)18-26(30,2)25(32)28-16-20-12-14-21(27)15-13-20/h3-15H,16-18H2,1-2H3,(H,28,32). The highest BCUT2D eigenvalue weighted by Crippen LogP contribution is 2.34. The molecule has 1 unspecified atom stereocenters. The summed E-state index contributed by atoms with van der Waals surface area (Å²) in [5, 5.41) is 2.80. The van der Waals surface area contributed by atoms with Crippen molar-refractivity contribution in [3.8, 4) is 0 Å². The van der Waals surface area contributed by atoms with Gasteiger partial charge in [0.15, 0.2) is 0 Å². The Bertz CT molecular complexity index is 1350. The number of carbonyl (C=O) groups excluding carboxylic acids is 2. The molecule has 0 spiro atoms. The van der Waals surface area contributed by atoms with Gasteiger partial charge in [0.1, 0.15) is 11.4 Å². The highest BCUT2D eigenvalue weighted by molar-refractivity contribution is 7.89. The van der Waals surface area contributed by atoms with E-state index < -0.39 is 39.7 Å². The van der Waals surface area contributed by atoms with Crippen LogP contribution in [0, 0.1) is 12.7 Å². The van der Waals surface area contributed by atoms with Crippen LogP contribution in [-0.2, 0) is 26.2 Å². The van der Waals surface area contributed by atoms with Gasteiger partial charge in [0.25, 0.3) is 0 Å². The first-order valence-electron chi connectivity index (χ1n) is 11.1. The maximum atomic E-state index is 13.6. The molecule has 1 saturated heterocycles. The number of carbonyl (C=O) groups is 2. The second-order valence-corrected chi connectivity index (χ2v) is 10.6. The Hall–Kier alpha value is -3.56. The van der Waals surface area contributed by atoms with Gasteiger partial charge in [-0.1, -0.05) is 48.5 Å². The Balaban J connectivity index is 1.71. The van der Waals surface area contributed by atoms with Crippen molar-refractivity contribution in [2.45, 2.75) is 30.8 Å². The minimum absolute atomic E-state index is 0.0474. The van der Waals surface area contributed by atoms with Crippen molar-refractivity contribution in [1.82, 2.24) is 9.62 Å². The largest absolute Gasteiger partial charge is 0.350 e. The molecule has 1 N–H and O–H groups in total.